The van der Waals surface area contributed by atoms with Crippen LogP contribution in [0.2, 0.25) is 0 Å². The van der Waals surface area contributed by atoms with Crippen LogP contribution in [-0.4, -0.2) is 49.0 Å². The molecule has 2 aromatic heterocycles. The molecule has 1 aliphatic heterocycles. The summed E-state index contributed by atoms with van der Waals surface area (Å²) in [6, 6.07) is 3.91. The Hall–Kier alpha value is -2.77. The zero-order valence-corrected chi connectivity index (χ0v) is 14.9. The van der Waals surface area contributed by atoms with E-state index >= 15 is 0 Å². The average Bonchev–Trinajstić information content (AvgIpc) is 3.26. The van der Waals surface area contributed by atoms with Crippen LogP contribution in [0.4, 0.5) is 5.82 Å². The van der Waals surface area contributed by atoms with E-state index in [1.165, 1.54) is 0 Å². The van der Waals surface area contributed by atoms with Crippen molar-refractivity contribution in [3.63, 3.8) is 0 Å². The fourth-order valence-electron chi connectivity index (χ4n) is 3.20. The lowest BCUT2D eigenvalue weighted by atomic mass is 10.1. The van der Waals surface area contributed by atoms with Gasteiger partial charge in [-0.15, -0.1) is 0 Å². The summed E-state index contributed by atoms with van der Waals surface area (Å²) >= 11 is 0. The van der Waals surface area contributed by atoms with E-state index in [2.05, 4.69) is 20.4 Å². The Kier molecular flexibility index (Phi) is 4.18. The third-order valence-electron chi connectivity index (χ3n) is 4.83. The molecular formula is C18H22N6O2. The number of aromatic nitrogens is 4. The second kappa shape index (κ2) is 6.51. The maximum absolute atomic E-state index is 12.7. The number of carbonyl (C=O) groups excluding carboxylic acids is 2. The molecule has 3 heterocycles. The first-order valence-electron chi connectivity index (χ1n) is 9.00. The highest BCUT2D eigenvalue weighted by Gasteiger charge is 2.41. The Labute approximate surface area is 151 Å². The summed E-state index contributed by atoms with van der Waals surface area (Å²) in [6.07, 6.45) is 5.64. The van der Waals surface area contributed by atoms with Crippen molar-refractivity contribution < 1.29 is 9.59 Å². The van der Waals surface area contributed by atoms with Crippen LogP contribution in [0.3, 0.4) is 0 Å². The predicted octanol–water partition coefficient (Wildman–Crippen LogP) is 1.74. The van der Waals surface area contributed by atoms with Gasteiger partial charge in [0.25, 0.3) is 5.95 Å². The average molecular weight is 354 g/mol. The van der Waals surface area contributed by atoms with Gasteiger partial charge in [0.2, 0.25) is 11.8 Å². The number of rotatable bonds is 5. The van der Waals surface area contributed by atoms with Gasteiger partial charge in [0.05, 0.1) is 11.6 Å². The van der Waals surface area contributed by atoms with Crippen LogP contribution < -0.4 is 5.32 Å². The third kappa shape index (κ3) is 3.18. The van der Waals surface area contributed by atoms with E-state index in [4.69, 9.17) is 0 Å². The lowest BCUT2D eigenvalue weighted by Gasteiger charge is -2.15. The van der Waals surface area contributed by atoms with Crippen molar-refractivity contribution in [3.05, 3.63) is 30.2 Å². The highest BCUT2D eigenvalue weighted by molar-refractivity contribution is 5.97. The number of nitrogens with one attached hydrogen (secondary N) is 1. The summed E-state index contributed by atoms with van der Waals surface area (Å²) in [4.78, 5) is 35.1. The molecule has 1 saturated heterocycles. The molecule has 8 nitrogen and oxygen atoms in total. The lowest BCUT2D eigenvalue weighted by molar-refractivity contribution is -0.128. The van der Waals surface area contributed by atoms with Crippen molar-refractivity contribution >= 4 is 17.6 Å². The standard InChI is InChI=1S/C18H22N6O2/c1-11(2)14-9-15(24(22-14)18-19-6-3-7-20-18)21-17(26)12-8-16(25)23(10-12)13-4-5-13/h3,6-7,9,11-13H,4-5,8,10H2,1-2H3,(H,21,26). The number of amides is 2. The van der Waals surface area contributed by atoms with Crippen molar-refractivity contribution in [3.8, 4) is 5.95 Å². The second-order valence-corrected chi connectivity index (χ2v) is 7.24. The SMILES string of the molecule is CC(C)c1cc(NC(=O)C2CC(=O)N(C3CC3)C2)n(-c2ncccn2)n1. The van der Waals surface area contributed by atoms with E-state index in [-0.39, 0.29) is 30.1 Å². The Morgan fingerprint density at radius 3 is 2.65 bits per heavy atom. The largest absolute Gasteiger partial charge is 0.339 e. The first kappa shape index (κ1) is 16.7. The molecule has 26 heavy (non-hydrogen) atoms. The fraction of sp³-hybridized carbons (Fsp3) is 0.500. The summed E-state index contributed by atoms with van der Waals surface area (Å²) in [5.74, 6) is 0.725. The van der Waals surface area contributed by atoms with Crippen molar-refractivity contribution in [2.24, 2.45) is 5.92 Å². The van der Waals surface area contributed by atoms with Crippen LogP contribution >= 0.6 is 0 Å². The van der Waals surface area contributed by atoms with Crippen molar-refractivity contribution in [1.82, 2.24) is 24.6 Å². The van der Waals surface area contributed by atoms with Gasteiger partial charge >= 0.3 is 0 Å². The van der Waals surface area contributed by atoms with E-state index in [0.717, 1.165) is 18.5 Å². The quantitative estimate of drug-likeness (QED) is 0.883. The third-order valence-corrected chi connectivity index (χ3v) is 4.83. The molecule has 1 aliphatic carbocycles. The molecule has 2 aromatic rings. The Morgan fingerprint density at radius 2 is 2.00 bits per heavy atom. The number of anilines is 1. The number of carbonyl (C=O) groups is 2. The second-order valence-electron chi connectivity index (χ2n) is 7.24. The van der Waals surface area contributed by atoms with Crippen molar-refractivity contribution in [2.75, 3.05) is 11.9 Å². The molecule has 0 bridgehead atoms. The van der Waals surface area contributed by atoms with E-state index in [1.54, 1.807) is 23.1 Å². The molecule has 2 fully saturated rings. The molecule has 0 aromatic carbocycles. The predicted molar refractivity (Wildman–Crippen MR) is 94.7 cm³/mol. The van der Waals surface area contributed by atoms with E-state index < -0.39 is 0 Å². The molecule has 136 valence electrons. The van der Waals surface area contributed by atoms with Crippen LogP contribution in [0.25, 0.3) is 5.95 Å². The van der Waals surface area contributed by atoms with Gasteiger partial charge in [0.1, 0.15) is 5.82 Å². The number of nitrogens with zero attached hydrogens (tertiary/aromatic N) is 5. The smallest absolute Gasteiger partial charge is 0.252 e. The van der Waals surface area contributed by atoms with Gasteiger partial charge in [-0.2, -0.15) is 9.78 Å². The zero-order chi connectivity index (χ0) is 18.3. The molecule has 1 N–H and O–H groups in total. The topological polar surface area (TPSA) is 93.0 Å². The molecule has 2 amide bonds. The molecule has 1 saturated carbocycles. The summed E-state index contributed by atoms with van der Waals surface area (Å²) in [5, 5.41) is 7.46. The highest BCUT2D eigenvalue weighted by Crippen LogP contribution is 2.33. The number of hydrogen-bond donors (Lipinski definition) is 1. The van der Waals surface area contributed by atoms with Crippen LogP contribution in [-0.2, 0) is 9.59 Å². The maximum atomic E-state index is 12.7. The van der Waals surface area contributed by atoms with Gasteiger partial charge < -0.3 is 10.2 Å². The van der Waals surface area contributed by atoms with E-state index in [0.29, 0.717) is 24.4 Å². The van der Waals surface area contributed by atoms with Gasteiger partial charge in [-0.05, 0) is 24.8 Å². The normalized spacial score (nSPS) is 20.0. The monoisotopic (exact) mass is 354 g/mol. The van der Waals surface area contributed by atoms with Gasteiger partial charge in [-0.25, -0.2) is 9.97 Å². The highest BCUT2D eigenvalue weighted by atomic mass is 16.2. The summed E-state index contributed by atoms with van der Waals surface area (Å²) in [5.41, 5.74) is 0.842. The minimum Gasteiger partial charge on any atom is -0.339 e. The Bertz CT molecular complexity index is 827. The number of hydrogen-bond acceptors (Lipinski definition) is 5. The summed E-state index contributed by atoms with van der Waals surface area (Å²) < 4.78 is 1.54. The van der Waals surface area contributed by atoms with Gasteiger partial charge in [0, 0.05) is 37.5 Å². The molecule has 0 spiro atoms. The van der Waals surface area contributed by atoms with Crippen LogP contribution in [0.1, 0.15) is 44.7 Å². The van der Waals surface area contributed by atoms with Crippen LogP contribution in [0, 0.1) is 5.92 Å². The first-order valence-corrected chi connectivity index (χ1v) is 9.00. The molecule has 0 radical (unpaired) electrons. The summed E-state index contributed by atoms with van der Waals surface area (Å²) in [7, 11) is 0. The molecule has 2 aliphatic rings. The van der Waals surface area contributed by atoms with Crippen LogP contribution in [0.15, 0.2) is 24.5 Å². The Balaban J connectivity index is 1.55. The molecular weight excluding hydrogens is 332 g/mol. The molecule has 8 heteroatoms. The van der Waals surface area contributed by atoms with Gasteiger partial charge in [-0.1, -0.05) is 13.8 Å². The van der Waals surface area contributed by atoms with Crippen molar-refractivity contribution in [2.45, 2.75) is 45.1 Å². The molecule has 1 unspecified atom stereocenters. The Morgan fingerprint density at radius 1 is 1.27 bits per heavy atom. The lowest BCUT2D eigenvalue weighted by Crippen LogP contribution is -2.30. The minimum atomic E-state index is -0.328. The molecule has 4 rings (SSSR count). The zero-order valence-electron chi connectivity index (χ0n) is 14.9. The van der Waals surface area contributed by atoms with Gasteiger partial charge in [-0.3, -0.25) is 9.59 Å². The first-order chi connectivity index (χ1) is 12.5. The van der Waals surface area contributed by atoms with E-state index in [1.807, 2.05) is 24.8 Å². The number of likely N-dealkylation sites (tertiary alicyclic amines) is 1. The fourth-order valence-corrected chi connectivity index (χ4v) is 3.20. The van der Waals surface area contributed by atoms with Crippen molar-refractivity contribution in [1.29, 1.82) is 0 Å². The van der Waals surface area contributed by atoms with Gasteiger partial charge in [0.15, 0.2) is 0 Å². The van der Waals surface area contributed by atoms with E-state index in [9.17, 15) is 9.59 Å². The summed E-state index contributed by atoms with van der Waals surface area (Å²) in [6.45, 7) is 4.57. The van der Waals surface area contributed by atoms with Crippen LogP contribution in [0.5, 0.6) is 0 Å². The molecule has 1 atom stereocenters. The maximum Gasteiger partial charge on any atom is 0.252 e. The minimum absolute atomic E-state index is 0.0791.